The van der Waals surface area contributed by atoms with Gasteiger partial charge in [-0.05, 0) is 69.1 Å². The Morgan fingerprint density at radius 3 is 2.89 bits per heavy atom. The lowest BCUT2D eigenvalue weighted by Crippen LogP contribution is -2.20. The maximum absolute atomic E-state index is 3.57. The molecule has 0 radical (unpaired) electrons. The molecular formula is C14H21Br2NS. The van der Waals surface area contributed by atoms with Crippen LogP contribution in [-0.2, 0) is 6.54 Å². The first kappa shape index (κ1) is 15.0. The van der Waals surface area contributed by atoms with Crippen LogP contribution in [0.15, 0.2) is 14.3 Å². The first-order valence-electron chi connectivity index (χ1n) is 6.79. The summed E-state index contributed by atoms with van der Waals surface area (Å²) in [6, 6.07) is 2.20. The highest BCUT2D eigenvalue weighted by molar-refractivity contribution is 9.13. The second-order valence-corrected chi connectivity index (χ2v) is 8.75. The lowest BCUT2D eigenvalue weighted by atomic mass is 9.81. The zero-order valence-corrected chi connectivity index (χ0v) is 14.8. The summed E-state index contributed by atoms with van der Waals surface area (Å²) in [6.45, 7) is 4.56. The average molecular weight is 395 g/mol. The van der Waals surface area contributed by atoms with Crippen molar-refractivity contribution in [1.29, 1.82) is 0 Å². The predicted molar refractivity (Wildman–Crippen MR) is 87.2 cm³/mol. The molecule has 0 bridgehead atoms. The molecule has 1 saturated carbocycles. The van der Waals surface area contributed by atoms with Crippen molar-refractivity contribution < 1.29 is 0 Å². The van der Waals surface area contributed by atoms with E-state index in [9.17, 15) is 0 Å². The number of rotatable bonds is 5. The topological polar surface area (TPSA) is 12.0 Å². The molecule has 0 saturated heterocycles. The molecule has 1 N–H and O–H groups in total. The highest BCUT2D eigenvalue weighted by Crippen LogP contribution is 2.32. The largest absolute Gasteiger partial charge is 0.312 e. The molecule has 0 amide bonds. The lowest BCUT2D eigenvalue weighted by molar-refractivity contribution is 0.267. The molecule has 1 fully saturated rings. The van der Waals surface area contributed by atoms with Crippen molar-refractivity contribution in [2.75, 3.05) is 6.54 Å². The summed E-state index contributed by atoms with van der Waals surface area (Å²) >= 11 is 8.88. The van der Waals surface area contributed by atoms with Gasteiger partial charge in [-0.1, -0.05) is 26.2 Å². The van der Waals surface area contributed by atoms with Gasteiger partial charge in [-0.2, -0.15) is 0 Å². The van der Waals surface area contributed by atoms with Gasteiger partial charge < -0.3 is 5.32 Å². The van der Waals surface area contributed by atoms with Crippen molar-refractivity contribution in [3.8, 4) is 0 Å². The Labute approximate surface area is 131 Å². The Kier molecular flexibility index (Phi) is 6.19. The minimum Gasteiger partial charge on any atom is -0.312 e. The second kappa shape index (κ2) is 7.41. The van der Waals surface area contributed by atoms with Crippen LogP contribution in [0.4, 0.5) is 0 Å². The first-order chi connectivity index (χ1) is 8.65. The molecule has 4 heteroatoms. The van der Waals surface area contributed by atoms with Gasteiger partial charge >= 0.3 is 0 Å². The summed E-state index contributed by atoms with van der Waals surface area (Å²) in [5, 5.41) is 3.57. The summed E-state index contributed by atoms with van der Waals surface area (Å²) in [5.41, 5.74) is 0. The molecule has 0 aromatic carbocycles. The Hall–Kier alpha value is 0.620. The maximum atomic E-state index is 3.57. The van der Waals surface area contributed by atoms with Crippen molar-refractivity contribution in [2.45, 2.75) is 45.6 Å². The monoisotopic (exact) mass is 393 g/mol. The summed E-state index contributed by atoms with van der Waals surface area (Å²) in [6.07, 6.45) is 7.12. The van der Waals surface area contributed by atoms with Crippen LogP contribution in [0.1, 0.15) is 43.9 Å². The van der Waals surface area contributed by atoms with Crippen LogP contribution < -0.4 is 5.32 Å². The van der Waals surface area contributed by atoms with Crippen molar-refractivity contribution in [3.63, 3.8) is 0 Å². The van der Waals surface area contributed by atoms with E-state index in [0.29, 0.717) is 0 Å². The van der Waals surface area contributed by atoms with E-state index in [4.69, 9.17) is 0 Å². The van der Waals surface area contributed by atoms with E-state index >= 15 is 0 Å². The summed E-state index contributed by atoms with van der Waals surface area (Å²) in [7, 11) is 0. The van der Waals surface area contributed by atoms with Crippen LogP contribution in [0.25, 0.3) is 0 Å². The van der Waals surface area contributed by atoms with E-state index in [-0.39, 0.29) is 0 Å². The number of nitrogens with one attached hydrogen (secondary N) is 1. The summed E-state index contributed by atoms with van der Waals surface area (Å²) in [5.74, 6) is 1.91. The molecule has 1 heterocycles. The van der Waals surface area contributed by atoms with Gasteiger partial charge in [0, 0.05) is 15.9 Å². The van der Waals surface area contributed by atoms with Gasteiger partial charge in [-0.15, -0.1) is 11.3 Å². The molecule has 1 aromatic heterocycles. The van der Waals surface area contributed by atoms with Crippen LogP contribution in [0.5, 0.6) is 0 Å². The van der Waals surface area contributed by atoms with Crippen molar-refractivity contribution in [2.24, 2.45) is 11.8 Å². The molecule has 1 aliphatic rings. The molecular weight excluding hydrogens is 374 g/mol. The Bertz CT molecular complexity index is 358. The third kappa shape index (κ3) is 4.62. The lowest BCUT2D eigenvalue weighted by Gasteiger charge is -2.26. The highest BCUT2D eigenvalue weighted by atomic mass is 79.9. The number of halogens is 2. The van der Waals surface area contributed by atoms with Crippen LogP contribution in [0.3, 0.4) is 0 Å². The number of hydrogen-bond acceptors (Lipinski definition) is 2. The van der Waals surface area contributed by atoms with Crippen molar-refractivity contribution >= 4 is 43.2 Å². The highest BCUT2D eigenvalue weighted by Gasteiger charge is 2.18. The standard InChI is InChI=1S/C14H21Br2NS/c1-10-3-2-4-11(7-10)5-6-17-9-12-8-13(15)14(16)18-12/h8,10-11,17H,2-7,9H2,1H3. The minimum atomic E-state index is 0.952. The van der Waals surface area contributed by atoms with E-state index in [1.54, 1.807) is 0 Å². The van der Waals surface area contributed by atoms with E-state index in [0.717, 1.165) is 24.9 Å². The van der Waals surface area contributed by atoms with Crippen molar-refractivity contribution in [1.82, 2.24) is 5.32 Å². The van der Waals surface area contributed by atoms with E-state index in [1.807, 2.05) is 11.3 Å². The summed E-state index contributed by atoms with van der Waals surface area (Å²) in [4.78, 5) is 1.39. The number of thiophene rings is 1. The molecule has 1 nitrogen and oxygen atoms in total. The van der Waals surface area contributed by atoms with Gasteiger partial charge in [0.15, 0.2) is 0 Å². The van der Waals surface area contributed by atoms with Gasteiger partial charge in [0.1, 0.15) is 0 Å². The zero-order valence-electron chi connectivity index (χ0n) is 10.8. The molecule has 2 rings (SSSR count). The molecule has 1 aliphatic carbocycles. The quantitative estimate of drug-likeness (QED) is 0.642. The first-order valence-corrected chi connectivity index (χ1v) is 9.20. The van der Waals surface area contributed by atoms with Crippen LogP contribution in [0, 0.1) is 11.8 Å². The molecule has 18 heavy (non-hydrogen) atoms. The fourth-order valence-corrected chi connectivity index (χ4v) is 4.96. The van der Waals surface area contributed by atoms with Gasteiger partial charge in [-0.25, -0.2) is 0 Å². The molecule has 2 unspecified atom stereocenters. The summed E-state index contributed by atoms with van der Waals surface area (Å²) < 4.78 is 2.37. The number of hydrogen-bond donors (Lipinski definition) is 1. The smallest absolute Gasteiger partial charge is 0.0843 e. The fourth-order valence-electron chi connectivity index (χ4n) is 2.82. The van der Waals surface area contributed by atoms with Crippen LogP contribution in [0.2, 0.25) is 0 Å². The van der Waals surface area contributed by atoms with Gasteiger partial charge in [0.05, 0.1) is 3.79 Å². The van der Waals surface area contributed by atoms with Crippen LogP contribution >= 0.6 is 43.2 Å². The van der Waals surface area contributed by atoms with E-state index in [1.165, 1.54) is 45.2 Å². The SMILES string of the molecule is CC1CCCC(CCNCc2cc(Br)c(Br)s2)C1. The molecule has 0 spiro atoms. The van der Waals surface area contributed by atoms with Crippen LogP contribution in [-0.4, -0.2) is 6.54 Å². The zero-order chi connectivity index (χ0) is 13.0. The normalized spacial score (nSPS) is 24.4. The van der Waals surface area contributed by atoms with E-state index in [2.05, 4.69) is 50.2 Å². The molecule has 2 atom stereocenters. The Balaban J connectivity index is 1.63. The Morgan fingerprint density at radius 1 is 1.39 bits per heavy atom. The average Bonchev–Trinajstić information content (AvgIpc) is 2.65. The minimum absolute atomic E-state index is 0.952. The maximum Gasteiger partial charge on any atom is 0.0843 e. The molecule has 0 aliphatic heterocycles. The molecule has 1 aromatic rings. The second-order valence-electron chi connectivity index (χ2n) is 5.44. The molecule has 102 valence electrons. The Morgan fingerprint density at radius 2 is 2.22 bits per heavy atom. The fraction of sp³-hybridized carbons (Fsp3) is 0.714. The third-order valence-electron chi connectivity index (χ3n) is 3.77. The van der Waals surface area contributed by atoms with Gasteiger partial charge in [0.2, 0.25) is 0 Å². The van der Waals surface area contributed by atoms with E-state index < -0.39 is 0 Å². The third-order valence-corrected chi connectivity index (χ3v) is 7.03. The predicted octanol–water partition coefficient (Wildman–Crippen LogP) is 5.58. The van der Waals surface area contributed by atoms with Crippen molar-refractivity contribution in [3.05, 3.63) is 19.2 Å². The van der Waals surface area contributed by atoms with Gasteiger partial charge in [0.25, 0.3) is 0 Å². The van der Waals surface area contributed by atoms with Gasteiger partial charge in [-0.3, -0.25) is 0 Å².